The van der Waals surface area contributed by atoms with E-state index in [-0.39, 0.29) is 18.3 Å². The van der Waals surface area contributed by atoms with E-state index in [4.69, 9.17) is 4.74 Å². The van der Waals surface area contributed by atoms with Crippen LogP contribution in [0.1, 0.15) is 0 Å². The van der Waals surface area contributed by atoms with Gasteiger partial charge in [-0.1, -0.05) is 0 Å². The van der Waals surface area contributed by atoms with Gasteiger partial charge in [-0.05, 0) is 64.1 Å². The number of likely N-dealkylation sites (N-methyl/N-ethyl adjacent to an activating group) is 2. The predicted molar refractivity (Wildman–Crippen MR) is 169 cm³/mol. The van der Waals surface area contributed by atoms with Crippen LogP contribution >= 0.6 is 0 Å². The summed E-state index contributed by atoms with van der Waals surface area (Å²) in [6.07, 6.45) is 8.49. The number of ether oxygens (including phenoxy) is 1. The SMILES string of the molecule is CN(C)CCOc1cc(F)cc(-c2cncc3[nH]c(-c4n[nH]c5cnc(-c6cncc(NC(=O)CN(C)C)c6)cc45)cc23)c1. The zero-order valence-electron chi connectivity index (χ0n) is 24.8. The number of benzene rings is 1. The molecule has 6 rings (SSSR count). The van der Waals surface area contributed by atoms with Crippen LogP contribution in [0.2, 0.25) is 0 Å². The van der Waals surface area contributed by atoms with Gasteiger partial charge in [-0.25, -0.2) is 4.39 Å². The minimum absolute atomic E-state index is 0.131. The maximum atomic E-state index is 14.7. The number of carbonyl (C=O) groups excluding carboxylic acids is 1. The highest BCUT2D eigenvalue weighted by atomic mass is 19.1. The van der Waals surface area contributed by atoms with E-state index in [1.807, 2.05) is 57.4 Å². The lowest BCUT2D eigenvalue weighted by molar-refractivity contribution is -0.116. The molecule has 1 amide bonds. The second-order valence-electron chi connectivity index (χ2n) is 11.1. The number of pyridine rings is 3. The van der Waals surface area contributed by atoms with Crippen LogP contribution in [0.5, 0.6) is 5.75 Å². The van der Waals surface area contributed by atoms with Crippen molar-refractivity contribution < 1.29 is 13.9 Å². The Kier molecular flexibility index (Phi) is 8.01. The van der Waals surface area contributed by atoms with Gasteiger partial charge in [0.15, 0.2) is 0 Å². The normalized spacial score (nSPS) is 11.6. The van der Waals surface area contributed by atoms with Crippen molar-refractivity contribution in [3.8, 4) is 39.5 Å². The van der Waals surface area contributed by atoms with E-state index in [0.29, 0.717) is 41.5 Å². The summed E-state index contributed by atoms with van der Waals surface area (Å²) in [5, 5.41) is 12.2. The van der Waals surface area contributed by atoms with Crippen LogP contribution in [-0.4, -0.2) is 93.7 Å². The number of H-pyrrole nitrogens is 2. The van der Waals surface area contributed by atoms with Gasteiger partial charge in [0.05, 0.1) is 53.2 Å². The molecule has 0 atom stereocenters. The summed E-state index contributed by atoms with van der Waals surface area (Å²) in [6.45, 7) is 1.43. The molecule has 5 aromatic heterocycles. The molecule has 5 heterocycles. The van der Waals surface area contributed by atoms with E-state index in [9.17, 15) is 9.18 Å². The van der Waals surface area contributed by atoms with Crippen molar-refractivity contribution in [2.45, 2.75) is 0 Å². The van der Waals surface area contributed by atoms with Gasteiger partial charge >= 0.3 is 0 Å². The Morgan fingerprint density at radius 2 is 1.73 bits per heavy atom. The molecule has 0 saturated heterocycles. The van der Waals surface area contributed by atoms with E-state index in [0.717, 1.165) is 38.6 Å². The Morgan fingerprint density at radius 1 is 0.886 bits per heavy atom. The molecule has 6 aromatic rings. The highest BCUT2D eigenvalue weighted by Crippen LogP contribution is 2.35. The zero-order valence-corrected chi connectivity index (χ0v) is 24.8. The van der Waals surface area contributed by atoms with Crippen molar-refractivity contribution in [2.75, 3.05) is 53.2 Å². The van der Waals surface area contributed by atoms with Crippen LogP contribution in [0.4, 0.5) is 10.1 Å². The molecule has 12 heteroatoms. The van der Waals surface area contributed by atoms with Crippen molar-refractivity contribution in [3.63, 3.8) is 0 Å². The van der Waals surface area contributed by atoms with Crippen LogP contribution in [-0.2, 0) is 4.79 Å². The Hall–Kier alpha value is -5.20. The maximum Gasteiger partial charge on any atom is 0.238 e. The molecule has 0 aliphatic rings. The number of fused-ring (bicyclic) bond motifs is 2. The maximum absolute atomic E-state index is 14.7. The third-order valence-electron chi connectivity index (χ3n) is 7.02. The number of nitrogens with one attached hydrogen (secondary N) is 3. The van der Waals surface area contributed by atoms with Gasteiger partial charge in [-0.2, -0.15) is 5.10 Å². The molecule has 0 bridgehead atoms. The molecule has 44 heavy (non-hydrogen) atoms. The fraction of sp³-hybridized carbons (Fsp3) is 0.219. The summed E-state index contributed by atoms with van der Waals surface area (Å²) in [5.41, 5.74) is 6.45. The van der Waals surface area contributed by atoms with E-state index in [1.54, 1.807) is 35.9 Å². The lowest BCUT2D eigenvalue weighted by atomic mass is 10.0. The summed E-state index contributed by atoms with van der Waals surface area (Å²) in [4.78, 5) is 32.8. The van der Waals surface area contributed by atoms with Gasteiger partial charge in [0.1, 0.15) is 23.9 Å². The number of hydrogen-bond donors (Lipinski definition) is 3. The second kappa shape index (κ2) is 12.2. The number of hydrogen-bond acceptors (Lipinski definition) is 8. The number of rotatable bonds is 10. The molecular weight excluding hydrogens is 561 g/mol. The fourth-order valence-electron chi connectivity index (χ4n) is 4.97. The second-order valence-corrected chi connectivity index (χ2v) is 11.1. The van der Waals surface area contributed by atoms with E-state index >= 15 is 0 Å². The molecule has 224 valence electrons. The molecular formula is C32H32FN9O2. The first-order valence-electron chi connectivity index (χ1n) is 14.0. The largest absolute Gasteiger partial charge is 0.492 e. The Balaban J connectivity index is 1.33. The van der Waals surface area contributed by atoms with Gasteiger partial charge < -0.3 is 24.8 Å². The molecule has 0 aliphatic carbocycles. The Labute approximate surface area is 253 Å². The highest BCUT2D eigenvalue weighted by Gasteiger charge is 2.16. The van der Waals surface area contributed by atoms with Gasteiger partial charge in [-0.3, -0.25) is 24.8 Å². The summed E-state index contributed by atoms with van der Waals surface area (Å²) >= 11 is 0. The minimum atomic E-state index is -0.385. The highest BCUT2D eigenvalue weighted by molar-refractivity contribution is 6.01. The number of halogens is 1. The van der Waals surface area contributed by atoms with Crippen LogP contribution < -0.4 is 10.1 Å². The van der Waals surface area contributed by atoms with E-state index < -0.39 is 0 Å². The lowest BCUT2D eigenvalue weighted by Crippen LogP contribution is -2.27. The number of aromatic amines is 2. The van der Waals surface area contributed by atoms with Gasteiger partial charge in [0.25, 0.3) is 0 Å². The zero-order chi connectivity index (χ0) is 30.8. The average Bonchev–Trinajstić information content (AvgIpc) is 3.60. The molecule has 11 nitrogen and oxygen atoms in total. The van der Waals surface area contributed by atoms with Gasteiger partial charge in [-0.15, -0.1) is 0 Å². The minimum Gasteiger partial charge on any atom is -0.492 e. The van der Waals surface area contributed by atoms with E-state index in [1.165, 1.54) is 12.1 Å². The smallest absolute Gasteiger partial charge is 0.238 e. The Bertz CT molecular complexity index is 1960. The number of anilines is 1. The van der Waals surface area contributed by atoms with E-state index in [2.05, 4.69) is 35.5 Å². The van der Waals surface area contributed by atoms with Crippen molar-refractivity contribution in [1.29, 1.82) is 0 Å². The van der Waals surface area contributed by atoms with Gasteiger partial charge in [0.2, 0.25) is 5.91 Å². The first-order valence-corrected chi connectivity index (χ1v) is 14.0. The summed E-state index contributed by atoms with van der Waals surface area (Å²) < 4.78 is 20.5. The Morgan fingerprint density at radius 3 is 2.55 bits per heavy atom. The van der Waals surface area contributed by atoms with Crippen LogP contribution in [0.15, 0.2) is 67.4 Å². The average molecular weight is 594 g/mol. The molecule has 0 aliphatic heterocycles. The summed E-state index contributed by atoms with van der Waals surface area (Å²) in [7, 11) is 7.59. The van der Waals surface area contributed by atoms with Crippen molar-refractivity contribution in [1.82, 2.24) is 39.9 Å². The molecule has 1 aromatic carbocycles. The molecule has 0 fully saturated rings. The topological polar surface area (TPSA) is 128 Å². The predicted octanol–water partition coefficient (Wildman–Crippen LogP) is 4.81. The molecule has 0 unspecified atom stereocenters. The third-order valence-corrected chi connectivity index (χ3v) is 7.02. The van der Waals surface area contributed by atoms with Crippen molar-refractivity contribution in [2.24, 2.45) is 0 Å². The summed E-state index contributed by atoms with van der Waals surface area (Å²) in [5.74, 6) is -0.0542. The monoisotopic (exact) mass is 593 g/mol. The van der Waals surface area contributed by atoms with Crippen LogP contribution in [0.3, 0.4) is 0 Å². The number of aromatic nitrogens is 6. The van der Waals surface area contributed by atoms with Gasteiger partial charge in [0, 0.05) is 46.9 Å². The lowest BCUT2D eigenvalue weighted by Gasteiger charge is -2.12. The third kappa shape index (κ3) is 6.26. The van der Waals surface area contributed by atoms with Crippen LogP contribution in [0.25, 0.3) is 55.6 Å². The molecule has 0 spiro atoms. The molecule has 0 saturated carbocycles. The van der Waals surface area contributed by atoms with Crippen LogP contribution in [0, 0.1) is 5.82 Å². The standard InChI is InChI=1S/C32H32FN9O2/c1-41(2)5-6-44-23-9-19(7-21(33)10-23)26-15-35-16-29-24(26)11-28(38-29)32-25-12-27(36-17-30(25)39-40-32)20-8-22(14-34-13-20)37-31(43)18-42(3)4/h7-17,38H,5-6,18H2,1-4H3,(H,37,43)(H,39,40). The fourth-order valence-corrected chi connectivity index (χ4v) is 4.97. The molecule has 3 N–H and O–H groups in total. The van der Waals surface area contributed by atoms with Crippen molar-refractivity contribution >= 4 is 33.4 Å². The number of carbonyl (C=O) groups is 1. The number of amides is 1. The summed E-state index contributed by atoms with van der Waals surface area (Å²) in [6, 6.07) is 10.5. The van der Waals surface area contributed by atoms with Crippen molar-refractivity contribution in [3.05, 3.63) is 73.2 Å². The number of nitrogens with zero attached hydrogens (tertiary/aromatic N) is 6. The first-order chi connectivity index (χ1) is 21.2. The first kappa shape index (κ1) is 28.9. The quantitative estimate of drug-likeness (QED) is 0.207. The molecule has 0 radical (unpaired) electrons.